The Kier molecular flexibility index (Phi) is 2.45. The molecule has 0 spiro atoms. The van der Waals surface area contributed by atoms with Gasteiger partial charge in [-0.25, -0.2) is 0 Å². The van der Waals surface area contributed by atoms with E-state index in [1.165, 1.54) is 0 Å². The summed E-state index contributed by atoms with van der Waals surface area (Å²) in [5.41, 5.74) is 0. The van der Waals surface area contributed by atoms with E-state index in [-0.39, 0.29) is 6.61 Å². The molecule has 1 aliphatic rings. The van der Waals surface area contributed by atoms with Crippen LogP contribution < -0.4 is 4.74 Å². The summed E-state index contributed by atoms with van der Waals surface area (Å²) in [7, 11) is 0. The van der Waals surface area contributed by atoms with Crippen LogP contribution in [0.25, 0.3) is 0 Å². The number of rotatable bonds is 3. The number of aliphatic hydroxyl groups is 1. The molecular formula is C10H13NO2. The zero-order chi connectivity index (χ0) is 9.10. The van der Waals surface area contributed by atoms with Crippen LogP contribution in [0.15, 0.2) is 24.5 Å². The van der Waals surface area contributed by atoms with Crippen LogP contribution in [0.5, 0.6) is 5.75 Å². The lowest BCUT2D eigenvalue weighted by molar-refractivity contribution is 0.0324. The molecule has 3 heteroatoms. The average molecular weight is 179 g/mol. The van der Waals surface area contributed by atoms with Crippen LogP contribution in [-0.4, -0.2) is 22.8 Å². The van der Waals surface area contributed by atoms with E-state index in [4.69, 9.17) is 9.84 Å². The Balaban J connectivity index is 1.81. The van der Waals surface area contributed by atoms with E-state index >= 15 is 0 Å². The largest absolute Gasteiger partial charge is 0.490 e. The van der Waals surface area contributed by atoms with Crippen LogP contribution in [-0.2, 0) is 0 Å². The van der Waals surface area contributed by atoms with Gasteiger partial charge >= 0.3 is 0 Å². The highest BCUT2D eigenvalue weighted by Gasteiger charge is 2.29. The van der Waals surface area contributed by atoms with Crippen LogP contribution in [0.1, 0.15) is 12.8 Å². The second-order valence-electron chi connectivity index (χ2n) is 3.44. The van der Waals surface area contributed by atoms with Crippen LogP contribution in [0, 0.1) is 5.92 Å². The van der Waals surface area contributed by atoms with E-state index in [9.17, 15) is 0 Å². The fourth-order valence-electron chi connectivity index (χ4n) is 1.53. The number of ether oxygens (including phenoxy) is 1. The van der Waals surface area contributed by atoms with E-state index in [1.807, 2.05) is 12.1 Å². The molecule has 0 aromatic carbocycles. The molecule has 0 unspecified atom stereocenters. The molecule has 1 aromatic heterocycles. The van der Waals surface area contributed by atoms with Crippen molar-refractivity contribution in [3.63, 3.8) is 0 Å². The molecule has 1 aliphatic carbocycles. The van der Waals surface area contributed by atoms with Gasteiger partial charge in [-0.2, -0.15) is 0 Å². The third-order valence-electron chi connectivity index (χ3n) is 2.40. The number of pyridine rings is 1. The van der Waals surface area contributed by atoms with E-state index in [0.29, 0.717) is 12.0 Å². The Morgan fingerprint density at radius 1 is 1.38 bits per heavy atom. The molecular weight excluding hydrogens is 166 g/mol. The molecule has 0 radical (unpaired) electrons. The molecule has 70 valence electrons. The monoisotopic (exact) mass is 179 g/mol. The molecule has 0 atom stereocenters. The van der Waals surface area contributed by atoms with E-state index in [1.54, 1.807) is 12.4 Å². The fraction of sp³-hybridized carbons (Fsp3) is 0.500. The highest BCUT2D eigenvalue weighted by molar-refractivity contribution is 5.17. The van der Waals surface area contributed by atoms with Crippen molar-refractivity contribution in [2.24, 2.45) is 5.92 Å². The lowest BCUT2D eigenvalue weighted by atomic mass is 9.83. The van der Waals surface area contributed by atoms with Gasteiger partial charge in [0.15, 0.2) is 0 Å². The van der Waals surface area contributed by atoms with Gasteiger partial charge in [-0.1, -0.05) is 0 Å². The normalized spacial score (nSPS) is 26.5. The summed E-state index contributed by atoms with van der Waals surface area (Å²) < 4.78 is 5.63. The molecule has 1 N–H and O–H groups in total. The van der Waals surface area contributed by atoms with Crippen LogP contribution >= 0.6 is 0 Å². The minimum atomic E-state index is 0.288. The summed E-state index contributed by atoms with van der Waals surface area (Å²) in [6.07, 6.45) is 5.67. The van der Waals surface area contributed by atoms with Crippen molar-refractivity contribution in [2.45, 2.75) is 18.9 Å². The maximum Gasteiger partial charge on any atom is 0.122 e. The van der Waals surface area contributed by atoms with Crippen LogP contribution in [0.4, 0.5) is 0 Å². The van der Waals surface area contributed by atoms with Gasteiger partial charge in [0.25, 0.3) is 0 Å². The Morgan fingerprint density at radius 2 is 2.08 bits per heavy atom. The zero-order valence-corrected chi connectivity index (χ0v) is 7.39. The summed E-state index contributed by atoms with van der Waals surface area (Å²) in [5, 5.41) is 8.80. The quantitative estimate of drug-likeness (QED) is 0.758. The van der Waals surface area contributed by atoms with Crippen molar-refractivity contribution in [3.05, 3.63) is 24.5 Å². The molecule has 13 heavy (non-hydrogen) atoms. The lowest BCUT2D eigenvalue weighted by Crippen LogP contribution is -2.35. The van der Waals surface area contributed by atoms with Crippen molar-refractivity contribution >= 4 is 0 Å². The maximum atomic E-state index is 8.80. The smallest absolute Gasteiger partial charge is 0.122 e. The second-order valence-corrected chi connectivity index (χ2v) is 3.44. The first-order valence-corrected chi connectivity index (χ1v) is 4.56. The summed E-state index contributed by atoms with van der Waals surface area (Å²) in [4.78, 5) is 3.91. The first-order chi connectivity index (χ1) is 6.38. The predicted octanol–water partition coefficient (Wildman–Crippen LogP) is 1.23. The van der Waals surface area contributed by atoms with Gasteiger partial charge in [0.2, 0.25) is 0 Å². The molecule has 1 aromatic rings. The van der Waals surface area contributed by atoms with Gasteiger partial charge in [-0.15, -0.1) is 0 Å². The molecule has 2 rings (SSSR count). The third-order valence-corrected chi connectivity index (χ3v) is 2.40. The van der Waals surface area contributed by atoms with Crippen molar-refractivity contribution in [1.29, 1.82) is 0 Å². The summed E-state index contributed by atoms with van der Waals surface area (Å²) >= 11 is 0. The number of aromatic nitrogens is 1. The Hall–Kier alpha value is -1.09. The molecule has 0 amide bonds. The molecule has 1 fully saturated rings. The van der Waals surface area contributed by atoms with Crippen molar-refractivity contribution in [3.8, 4) is 5.75 Å². The number of aliphatic hydroxyl groups excluding tert-OH is 1. The minimum Gasteiger partial charge on any atom is -0.490 e. The van der Waals surface area contributed by atoms with Gasteiger partial charge in [0.05, 0.1) is 6.10 Å². The first kappa shape index (κ1) is 8.51. The fourth-order valence-corrected chi connectivity index (χ4v) is 1.53. The van der Waals surface area contributed by atoms with E-state index < -0.39 is 0 Å². The van der Waals surface area contributed by atoms with Gasteiger partial charge in [0, 0.05) is 19.0 Å². The first-order valence-electron chi connectivity index (χ1n) is 4.56. The predicted molar refractivity (Wildman–Crippen MR) is 48.5 cm³/mol. The second kappa shape index (κ2) is 3.75. The van der Waals surface area contributed by atoms with Crippen LogP contribution in [0.2, 0.25) is 0 Å². The minimum absolute atomic E-state index is 0.288. The highest BCUT2D eigenvalue weighted by Crippen LogP contribution is 2.30. The third kappa shape index (κ3) is 1.98. The van der Waals surface area contributed by atoms with Crippen molar-refractivity contribution < 1.29 is 9.84 Å². The molecule has 1 saturated carbocycles. The molecule has 0 saturated heterocycles. The molecule has 1 heterocycles. The molecule has 3 nitrogen and oxygen atoms in total. The maximum absolute atomic E-state index is 8.80. The number of hydrogen-bond donors (Lipinski definition) is 1. The molecule has 0 bridgehead atoms. The average Bonchev–Trinajstić information content (AvgIpc) is 2.12. The van der Waals surface area contributed by atoms with Crippen LogP contribution in [0.3, 0.4) is 0 Å². The van der Waals surface area contributed by atoms with Gasteiger partial charge < -0.3 is 9.84 Å². The van der Waals surface area contributed by atoms with Crippen molar-refractivity contribution in [1.82, 2.24) is 4.98 Å². The summed E-state index contributed by atoms with van der Waals surface area (Å²) in [5.74, 6) is 1.32. The molecule has 0 aliphatic heterocycles. The lowest BCUT2D eigenvalue weighted by Gasteiger charge is -2.33. The standard InChI is InChI=1S/C10H13NO2/c12-7-8-5-10(6-8)13-9-1-3-11-4-2-9/h1-4,8,10,12H,5-7H2/t8-,10-. The van der Waals surface area contributed by atoms with Gasteiger partial charge in [-0.3, -0.25) is 4.98 Å². The van der Waals surface area contributed by atoms with Crippen molar-refractivity contribution in [2.75, 3.05) is 6.61 Å². The Bertz CT molecular complexity index is 257. The SMILES string of the molecule is OC[C@H]1C[C@H](Oc2ccncc2)C1. The highest BCUT2D eigenvalue weighted by atomic mass is 16.5. The number of nitrogens with zero attached hydrogens (tertiary/aromatic N) is 1. The van der Waals surface area contributed by atoms with Gasteiger partial charge in [-0.05, 0) is 30.9 Å². The van der Waals surface area contributed by atoms with Gasteiger partial charge in [0.1, 0.15) is 5.75 Å². The number of hydrogen-bond acceptors (Lipinski definition) is 3. The Labute approximate surface area is 77.4 Å². The Morgan fingerprint density at radius 3 is 2.69 bits per heavy atom. The summed E-state index contributed by atoms with van der Waals surface area (Å²) in [6.45, 7) is 0.288. The topological polar surface area (TPSA) is 42.4 Å². The summed E-state index contributed by atoms with van der Waals surface area (Å²) in [6, 6.07) is 3.71. The van der Waals surface area contributed by atoms with E-state index in [0.717, 1.165) is 18.6 Å². The van der Waals surface area contributed by atoms with E-state index in [2.05, 4.69) is 4.98 Å². The zero-order valence-electron chi connectivity index (χ0n) is 7.39.